The predicted octanol–water partition coefficient (Wildman–Crippen LogP) is 6.44. The number of halogens is 1. The first-order valence-corrected chi connectivity index (χ1v) is 13.0. The zero-order valence-corrected chi connectivity index (χ0v) is 20.5. The van der Waals surface area contributed by atoms with Crippen LogP contribution in [-0.4, -0.2) is 21.0 Å². The molecule has 6 heteroatoms. The number of carbonyl (C=O) groups excluding carboxylic acids is 1. The topological polar surface area (TPSA) is 75.1 Å². The third kappa shape index (κ3) is 4.79. The van der Waals surface area contributed by atoms with E-state index in [9.17, 15) is 9.90 Å². The van der Waals surface area contributed by atoms with Crippen LogP contribution in [0.4, 0.5) is 5.82 Å². The Morgan fingerprint density at radius 1 is 0.971 bits per heavy atom. The van der Waals surface area contributed by atoms with Crippen LogP contribution in [-0.2, 0) is 17.6 Å². The van der Waals surface area contributed by atoms with Crippen molar-refractivity contribution in [2.45, 2.75) is 51.4 Å². The molecule has 4 fully saturated rings. The summed E-state index contributed by atoms with van der Waals surface area (Å²) in [6.45, 7) is 0. The number of carbonyl (C=O) groups is 1. The van der Waals surface area contributed by atoms with Gasteiger partial charge in [0.25, 0.3) is 0 Å². The fourth-order valence-electron chi connectivity index (χ4n) is 7.25. The highest BCUT2D eigenvalue weighted by molar-refractivity contribution is 6.30. The molecule has 4 bridgehead atoms. The quantitative estimate of drug-likeness (QED) is 0.419. The van der Waals surface area contributed by atoms with Crippen LogP contribution in [0.2, 0.25) is 5.02 Å². The van der Waals surface area contributed by atoms with Gasteiger partial charge in [-0.05, 0) is 110 Å². The molecule has 2 N–H and O–H groups in total. The minimum absolute atomic E-state index is 0.106. The van der Waals surface area contributed by atoms with Gasteiger partial charge in [-0.1, -0.05) is 23.7 Å². The lowest BCUT2D eigenvalue weighted by atomic mass is 9.48. The molecule has 0 radical (unpaired) electrons. The first-order chi connectivity index (χ1) is 16.9. The minimum Gasteiger partial charge on any atom is -0.508 e. The number of phenolic OH excluding ortho intramolecular Hbond substituents is 1. The molecule has 3 aromatic rings. The fourth-order valence-corrected chi connectivity index (χ4v) is 7.38. The summed E-state index contributed by atoms with van der Waals surface area (Å²) in [5, 5.41) is 13.4. The monoisotopic (exact) mass is 487 g/mol. The lowest BCUT2D eigenvalue weighted by molar-refractivity contribution is -0.115. The van der Waals surface area contributed by atoms with Crippen LogP contribution in [0, 0.1) is 23.2 Å². The van der Waals surface area contributed by atoms with Crippen molar-refractivity contribution in [2.24, 2.45) is 23.2 Å². The number of phenols is 1. The van der Waals surface area contributed by atoms with Gasteiger partial charge >= 0.3 is 0 Å². The summed E-state index contributed by atoms with van der Waals surface area (Å²) < 4.78 is 0. The van der Waals surface area contributed by atoms with Crippen LogP contribution in [0.1, 0.15) is 49.8 Å². The van der Waals surface area contributed by atoms with E-state index >= 15 is 0 Å². The van der Waals surface area contributed by atoms with Crippen LogP contribution < -0.4 is 5.32 Å². The average molecular weight is 488 g/mol. The summed E-state index contributed by atoms with van der Waals surface area (Å²) in [6.07, 6.45) is 10.8. The first-order valence-electron chi connectivity index (χ1n) is 12.6. The largest absolute Gasteiger partial charge is 0.508 e. The van der Waals surface area contributed by atoms with Crippen molar-refractivity contribution in [1.29, 1.82) is 0 Å². The number of amides is 1. The second-order valence-electron chi connectivity index (χ2n) is 11.0. The van der Waals surface area contributed by atoms with Crippen molar-refractivity contribution >= 4 is 23.3 Å². The molecule has 4 aliphatic carbocycles. The highest BCUT2D eigenvalue weighted by atomic mass is 35.5. The number of nitrogens with one attached hydrogen (secondary N) is 1. The van der Waals surface area contributed by atoms with Gasteiger partial charge in [-0.2, -0.15) is 0 Å². The molecule has 0 aliphatic heterocycles. The number of hydrogen-bond donors (Lipinski definition) is 2. The highest BCUT2D eigenvalue weighted by Gasteiger charge is 2.51. The fraction of sp³-hybridized carbons (Fsp3) is 0.414. The van der Waals surface area contributed by atoms with Crippen molar-refractivity contribution in [2.75, 3.05) is 5.32 Å². The summed E-state index contributed by atoms with van der Waals surface area (Å²) in [7, 11) is 0. The standard InChI is InChI=1S/C29H30ClN3O2/c30-23-5-1-18(2-6-23)12-27(35)33-28-25(32-26(17-31-28)22-3-7-24(34)8-4-22)16-29-13-19-9-20(14-29)11-21(10-19)15-29/h1-8,17,19-21,34H,9-16H2,(H,31,33,35). The van der Waals surface area contributed by atoms with Gasteiger partial charge in [-0.25, -0.2) is 9.97 Å². The number of aromatic nitrogens is 2. The molecule has 180 valence electrons. The van der Waals surface area contributed by atoms with E-state index in [4.69, 9.17) is 21.6 Å². The summed E-state index contributed by atoms with van der Waals surface area (Å²) in [5.41, 5.74) is 3.72. The Kier molecular flexibility index (Phi) is 5.76. The Labute approximate surface area is 211 Å². The maximum absolute atomic E-state index is 12.9. The second-order valence-corrected chi connectivity index (χ2v) is 11.5. The van der Waals surface area contributed by atoms with Crippen LogP contribution in [0.3, 0.4) is 0 Å². The maximum atomic E-state index is 12.9. The number of anilines is 1. The Balaban J connectivity index is 1.29. The molecule has 4 aliphatic rings. The van der Waals surface area contributed by atoms with Gasteiger partial charge in [0.05, 0.1) is 24.0 Å². The van der Waals surface area contributed by atoms with Gasteiger partial charge in [-0.3, -0.25) is 4.79 Å². The molecule has 1 amide bonds. The molecule has 35 heavy (non-hydrogen) atoms. The third-order valence-electron chi connectivity index (χ3n) is 8.25. The Bertz CT molecular complexity index is 1200. The molecule has 1 heterocycles. The lowest BCUT2D eigenvalue weighted by Crippen LogP contribution is -2.47. The van der Waals surface area contributed by atoms with E-state index in [2.05, 4.69) is 5.32 Å². The molecule has 5 nitrogen and oxygen atoms in total. The molecule has 7 rings (SSSR count). The molecule has 0 spiro atoms. The van der Waals surface area contributed by atoms with E-state index < -0.39 is 0 Å². The van der Waals surface area contributed by atoms with Gasteiger partial charge < -0.3 is 10.4 Å². The molecule has 0 unspecified atom stereocenters. The smallest absolute Gasteiger partial charge is 0.229 e. The maximum Gasteiger partial charge on any atom is 0.229 e. The number of nitrogens with zero attached hydrogens (tertiary/aromatic N) is 2. The minimum atomic E-state index is -0.106. The average Bonchev–Trinajstić information content (AvgIpc) is 2.81. The lowest BCUT2D eigenvalue weighted by Gasteiger charge is -2.57. The van der Waals surface area contributed by atoms with E-state index in [1.165, 1.54) is 38.5 Å². The predicted molar refractivity (Wildman–Crippen MR) is 137 cm³/mol. The van der Waals surface area contributed by atoms with Crippen LogP contribution in [0.15, 0.2) is 54.7 Å². The van der Waals surface area contributed by atoms with Crippen LogP contribution in [0.25, 0.3) is 11.3 Å². The van der Waals surface area contributed by atoms with Gasteiger partial charge in [0.2, 0.25) is 5.91 Å². The van der Waals surface area contributed by atoms with E-state index in [0.29, 0.717) is 10.8 Å². The number of rotatable bonds is 6. The van der Waals surface area contributed by atoms with Crippen molar-refractivity contribution in [3.05, 3.63) is 71.0 Å². The van der Waals surface area contributed by atoms with Crippen LogP contribution in [0.5, 0.6) is 5.75 Å². The first kappa shape index (κ1) is 22.5. The molecule has 0 saturated heterocycles. The van der Waals surface area contributed by atoms with Crippen molar-refractivity contribution < 1.29 is 9.90 Å². The normalized spacial score (nSPS) is 26.6. The van der Waals surface area contributed by atoms with E-state index in [0.717, 1.165) is 46.7 Å². The van der Waals surface area contributed by atoms with Gasteiger partial charge in [0.1, 0.15) is 5.75 Å². The summed E-state index contributed by atoms with van der Waals surface area (Å²) >= 11 is 5.99. The second kappa shape index (κ2) is 8.94. The highest BCUT2D eigenvalue weighted by Crippen LogP contribution is 2.61. The molecule has 1 aromatic heterocycles. The van der Waals surface area contributed by atoms with Gasteiger partial charge in [-0.15, -0.1) is 0 Å². The van der Waals surface area contributed by atoms with Crippen molar-refractivity contribution in [3.8, 4) is 17.0 Å². The van der Waals surface area contributed by atoms with Crippen molar-refractivity contribution in [1.82, 2.24) is 9.97 Å². The summed E-state index contributed by atoms with van der Waals surface area (Å²) in [5.74, 6) is 3.22. The van der Waals surface area contributed by atoms with E-state index in [1.807, 2.05) is 24.3 Å². The molecular formula is C29H30ClN3O2. The molecule has 0 atom stereocenters. The number of hydrogen-bond acceptors (Lipinski definition) is 4. The zero-order chi connectivity index (χ0) is 24.0. The Hall–Kier alpha value is -2.92. The third-order valence-corrected chi connectivity index (χ3v) is 8.50. The van der Waals surface area contributed by atoms with E-state index in [1.54, 1.807) is 30.5 Å². The number of aromatic hydroxyl groups is 1. The Morgan fingerprint density at radius 2 is 1.60 bits per heavy atom. The van der Waals surface area contributed by atoms with Gasteiger partial charge in [0.15, 0.2) is 5.82 Å². The Morgan fingerprint density at radius 3 is 2.23 bits per heavy atom. The summed E-state index contributed by atoms with van der Waals surface area (Å²) in [4.78, 5) is 22.7. The molecular weight excluding hydrogens is 458 g/mol. The SMILES string of the molecule is O=C(Cc1ccc(Cl)cc1)Nc1ncc(-c2ccc(O)cc2)nc1CC12CC3CC(CC(C3)C1)C2. The van der Waals surface area contributed by atoms with Gasteiger partial charge in [0, 0.05) is 10.6 Å². The van der Waals surface area contributed by atoms with Crippen LogP contribution >= 0.6 is 11.6 Å². The molecule has 4 saturated carbocycles. The van der Waals surface area contributed by atoms with E-state index in [-0.39, 0.29) is 23.5 Å². The summed E-state index contributed by atoms with van der Waals surface area (Å²) in [6, 6.07) is 14.4. The number of benzene rings is 2. The zero-order valence-electron chi connectivity index (χ0n) is 19.7. The van der Waals surface area contributed by atoms with Crippen molar-refractivity contribution in [3.63, 3.8) is 0 Å². The molecule has 2 aromatic carbocycles.